The Morgan fingerprint density at radius 2 is 1.34 bits per heavy atom. The Hall–Kier alpha value is -1.91. The van der Waals surface area contributed by atoms with Gasteiger partial charge in [0.2, 0.25) is 0 Å². The van der Waals surface area contributed by atoms with Gasteiger partial charge in [-0.2, -0.15) is 0 Å². The summed E-state index contributed by atoms with van der Waals surface area (Å²) in [7, 11) is 0. The van der Waals surface area contributed by atoms with Crippen LogP contribution in [-0.4, -0.2) is 24.5 Å². The zero-order valence-corrected chi connectivity index (χ0v) is 20.3. The second-order valence-corrected chi connectivity index (χ2v) is 8.82. The molecule has 1 aromatic carbocycles. The van der Waals surface area contributed by atoms with Crippen molar-refractivity contribution in [2.75, 3.05) is 6.61 Å². The first kappa shape index (κ1) is 28.1. The van der Waals surface area contributed by atoms with Crippen LogP contribution < -0.4 is 5.32 Å². The number of rotatable bonds is 19. The molecule has 0 bridgehead atoms. The van der Waals surface area contributed by atoms with Crippen molar-refractivity contribution in [3.05, 3.63) is 35.6 Å². The lowest BCUT2D eigenvalue weighted by Gasteiger charge is -2.13. The molecule has 32 heavy (non-hydrogen) atoms. The Morgan fingerprint density at radius 1 is 0.844 bits per heavy atom. The molecule has 0 spiro atoms. The van der Waals surface area contributed by atoms with Crippen molar-refractivity contribution >= 4 is 11.9 Å². The lowest BCUT2D eigenvalue weighted by atomic mass is 10.0. The normalized spacial score (nSPS) is 11.8. The number of unbranched alkanes of at least 4 members (excludes halogenated alkanes) is 14. The van der Waals surface area contributed by atoms with Gasteiger partial charge < -0.3 is 10.1 Å². The molecule has 0 heterocycles. The van der Waals surface area contributed by atoms with E-state index in [1.807, 2.05) is 0 Å². The van der Waals surface area contributed by atoms with Crippen molar-refractivity contribution < 1.29 is 18.7 Å². The Bertz CT molecular complexity index is 635. The molecule has 1 rings (SSSR count). The van der Waals surface area contributed by atoms with E-state index in [0.717, 1.165) is 18.9 Å². The summed E-state index contributed by atoms with van der Waals surface area (Å²) in [5, 5.41) is 2.55. The summed E-state index contributed by atoms with van der Waals surface area (Å²) in [6.45, 7) is 4.21. The summed E-state index contributed by atoms with van der Waals surface area (Å²) in [6.07, 6.45) is 19.4. The molecule has 0 saturated carbocycles. The van der Waals surface area contributed by atoms with Gasteiger partial charge in [0.15, 0.2) is 0 Å². The van der Waals surface area contributed by atoms with Crippen molar-refractivity contribution in [2.24, 2.45) is 0 Å². The van der Waals surface area contributed by atoms with Crippen LogP contribution in [0.2, 0.25) is 0 Å². The molecular weight excluding hydrogens is 405 g/mol. The Labute approximate surface area is 194 Å². The standard InChI is InChI=1S/C27H44FNO3/c1-3-4-5-6-7-8-9-10-11-12-13-14-15-16-17-21-32-27(31)23(2)29-26(30)24-19-18-20-25(28)22-24/h18-20,22-23H,3-17,21H2,1-2H3,(H,29,30)/t23-/m0/s1. The summed E-state index contributed by atoms with van der Waals surface area (Å²) in [5.74, 6) is -1.43. The average Bonchev–Trinajstić information content (AvgIpc) is 2.78. The second-order valence-electron chi connectivity index (χ2n) is 8.82. The van der Waals surface area contributed by atoms with Crippen molar-refractivity contribution in [3.8, 4) is 0 Å². The molecule has 1 amide bonds. The van der Waals surface area contributed by atoms with Gasteiger partial charge >= 0.3 is 5.97 Å². The first-order valence-corrected chi connectivity index (χ1v) is 12.8. The summed E-state index contributed by atoms with van der Waals surface area (Å²) in [4.78, 5) is 24.1. The number of ether oxygens (including phenoxy) is 1. The molecule has 0 unspecified atom stereocenters. The van der Waals surface area contributed by atoms with E-state index in [0.29, 0.717) is 6.61 Å². The molecule has 1 N–H and O–H groups in total. The number of nitrogens with one attached hydrogen (secondary N) is 1. The quantitative estimate of drug-likeness (QED) is 0.177. The van der Waals surface area contributed by atoms with E-state index in [4.69, 9.17) is 4.74 Å². The molecule has 182 valence electrons. The first-order chi connectivity index (χ1) is 15.5. The molecule has 0 aliphatic heterocycles. The fraction of sp³-hybridized carbons (Fsp3) is 0.704. The molecule has 1 atom stereocenters. The van der Waals surface area contributed by atoms with Crippen molar-refractivity contribution in [3.63, 3.8) is 0 Å². The fourth-order valence-electron chi connectivity index (χ4n) is 3.74. The van der Waals surface area contributed by atoms with Crippen molar-refractivity contribution in [1.29, 1.82) is 0 Å². The minimum Gasteiger partial charge on any atom is -0.464 e. The van der Waals surface area contributed by atoms with Crippen LogP contribution in [0.5, 0.6) is 0 Å². The predicted octanol–water partition coefficient (Wildman–Crippen LogP) is 7.36. The molecule has 0 aromatic heterocycles. The minimum absolute atomic E-state index is 0.187. The number of esters is 1. The third kappa shape index (κ3) is 14.2. The highest BCUT2D eigenvalue weighted by Crippen LogP contribution is 2.13. The van der Waals surface area contributed by atoms with Crippen LogP contribution in [0.25, 0.3) is 0 Å². The van der Waals surface area contributed by atoms with E-state index >= 15 is 0 Å². The second kappa shape index (κ2) is 18.6. The van der Waals surface area contributed by atoms with Crippen LogP contribution in [0.15, 0.2) is 24.3 Å². The number of benzene rings is 1. The van der Waals surface area contributed by atoms with Gasteiger partial charge in [-0.15, -0.1) is 0 Å². The number of carbonyl (C=O) groups excluding carboxylic acids is 2. The lowest BCUT2D eigenvalue weighted by Crippen LogP contribution is -2.39. The van der Waals surface area contributed by atoms with E-state index in [1.54, 1.807) is 6.92 Å². The molecule has 5 heteroatoms. The van der Waals surface area contributed by atoms with Crippen LogP contribution in [0.1, 0.15) is 121 Å². The SMILES string of the molecule is CCCCCCCCCCCCCCCCCOC(=O)[C@H](C)NC(=O)c1cccc(F)c1. The summed E-state index contributed by atoms with van der Waals surface area (Å²) >= 11 is 0. The topological polar surface area (TPSA) is 55.4 Å². The summed E-state index contributed by atoms with van der Waals surface area (Å²) in [6, 6.07) is 4.62. The third-order valence-electron chi connectivity index (χ3n) is 5.78. The zero-order chi connectivity index (χ0) is 23.4. The zero-order valence-electron chi connectivity index (χ0n) is 20.3. The largest absolute Gasteiger partial charge is 0.464 e. The number of carbonyl (C=O) groups is 2. The monoisotopic (exact) mass is 449 g/mol. The Kier molecular flexibility index (Phi) is 16.4. The maximum atomic E-state index is 13.2. The number of hydrogen-bond donors (Lipinski definition) is 1. The highest BCUT2D eigenvalue weighted by molar-refractivity contribution is 5.96. The number of hydrogen-bond acceptors (Lipinski definition) is 3. The predicted molar refractivity (Wildman–Crippen MR) is 129 cm³/mol. The van der Waals surface area contributed by atoms with Gasteiger partial charge in [0, 0.05) is 5.56 Å². The van der Waals surface area contributed by atoms with Gasteiger partial charge in [-0.3, -0.25) is 4.79 Å². The van der Waals surface area contributed by atoms with Crippen LogP contribution in [0.3, 0.4) is 0 Å². The van der Waals surface area contributed by atoms with Crippen molar-refractivity contribution in [1.82, 2.24) is 5.32 Å². The Morgan fingerprint density at radius 3 is 1.84 bits per heavy atom. The van der Waals surface area contributed by atoms with Crippen LogP contribution in [0.4, 0.5) is 4.39 Å². The lowest BCUT2D eigenvalue weighted by molar-refractivity contribution is -0.145. The van der Waals surface area contributed by atoms with Gasteiger partial charge in [-0.25, -0.2) is 9.18 Å². The van der Waals surface area contributed by atoms with E-state index in [9.17, 15) is 14.0 Å². The van der Waals surface area contributed by atoms with Gasteiger partial charge in [0.25, 0.3) is 5.91 Å². The maximum absolute atomic E-state index is 13.2. The maximum Gasteiger partial charge on any atom is 0.328 e. The van der Waals surface area contributed by atoms with Gasteiger partial charge in [-0.05, 0) is 31.5 Å². The van der Waals surface area contributed by atoms with Gasteiger partial charge in [0.05, 0.1) is 6.61 Å². The van der Waals surface area contributed by atoms with Crippen LogP contribution in [-0.2, 0) is 9.53 Å². The molecule has 0 aliphatic carbocycles. The summed E-state index contributed by atoms with van der Waals surface area (Å²) in [5.41, 5.74) is 0.187. The molecule has 4 nitrogen and oxygen atoms in total. The van der Waals surface area contributed by atoms with E-state index in [-0.39, 0.29) is 5.56 Å². The van der Waals surface area contributed by atoms with Crippen molar-refractivity contribution in [2.45, 2.75) is 116 Å². The fourth-order valence-corrected chi connectivity index (χ4v) is 3.74. The average molecular weight is 450 g/mol. The van der Waals surface area contributed by atoms with Crippen LogP contribution >= 0.6 is 0 Å². The van der Waals surface area contributed by atoms with Gasteiger partial charge in [-0.1, -0.05) is 103 Å². The highest BCUT2D eigenvalue weighted by atomic mass is 19.1. The molecule has 0 saturated heterocycles. The minimum atomic E-state index is -0.762. The summed E-state index contributed by atoms with van der Waals surface area (Å²) < 4.78 is 18.4. The third-order valence-corrected chi connectivity index (χ3v) is 5.78. The highest BCUT2D eigenvalue weighted by Gasteiger charge is 2.18. The van der Waals surface area contributed by atoms with E-state index in [1.165, 1.54) is 102 Å². The molecule has 0 aliphatic rings. The van der Waals surface area contributed by atoms with E-state index < -0.39 is 23.7 Å². The number of halogens is 1. The smallest absolute Gasteiger partial charge is 0.328 e. The Balaban J connectivity index is 1.92. The first-order valence-electron chi connectivity index (χ1n) is 12.8. The van der Waals surface area contributed by atoms with Crippen LogP contribution in [0, 0.1) is 5.82 Å². The van der Waals surface area contributed by atoms with Gasteiger partial charge in [0.1, 0.15) is 11.9 Å². The molecule has 0 fully saturated rings. The number of amides is 1. The molecule has 0 radical (unpaired) electrons. The van der Waals surface area contributed by atoms with E-state index in [2.05, 4.69) is 12.2 Å². The molecule has 1 aromatic rings. The molecular formula is C27H44FNO3.